The monoisotopic (exact) mass is 398 g/mol. The maximum absolute atomic E-state index is 14.7. The number of aliphatic imine (C=N–C) groups is 1. The molecule has 27 heavy (non-hydrogen) atoms. The first-order valence-electron chi connectivity index (χ1n) is 7.57. The fourth-order valence-electron chi connectivity index (χ4n) is 2.97. The zero-order valence-corrected chi connectivity index (χ0v) is 14.1. The van der Waals surface area contributed by atoms with Gasteiger partial charge >= 0.3 is 6.03 Å². The highest BCUT2D eigenvalue weighted by Crippen LogP contribution is 2.41. The molecule has 2 aromatic carbocycles. The number of guanidine groups is 1. The predicted molar refractivity (Wildman–Crippen MR) is 99.0 cm³/mol. The highest BCUT2D eigenvalue weighted by molar-refractivity contribution is 6.31. The number of alkyl halides is 1. The molecule has 9 heteroatoms. The maximum Gasteiger partial charge on any atom is 0.347 e. The van der Waals surface area contributed by atoms with Crippen LogP contribution >= 0.6 is 11.6 Å². The largest absolute Gasteiger partial charge is 0.370 e. The quantitative estimate of drug-likeness (QED) is 0.559. The van der Waals surface area contributed by atoms with Gasteiger partial charge in [-0.1, -0.05) is 25.1 Å². The van der Waals surface area contributed by atoms with Crippen LogP contribution in [0.15, 0.2) is 35.3 Å². The van der Waals surface area contributed by atoms with Gasteiger partial charge in [-0.05, 0) is 29.3 Å². The lowest BCUT2D eigenvalue weighted by Crippen LogP contribution is -2.38. The Hall–Kier alpha value is -2.74. The molecule has 2 aromatic rings. The Bertz CT molecular complexity index is 916. The Morgan fingerprint density at radius 1 is 1.19 bits per heavy atom. The van der Waals surface area contributed by atoms with Gasteiger partial charge in [0, 0.05) is 28.8 Å². The van der Waals surface area contributed by atoms with Crippen molar-refractivity contribution in [3.05, 3.63) is 58.1 Å². The number of carbonyl (C=O) groups is 1. The summed E-state index contributed by atoms with van der Waals surface area (Å²) in [5, 5.41) is 0.160. The Kier molecular flexibility index (Phi) is 6.00. The maximum atomic E-state index is 14.7. The number of nitrogens with two attached hydrogens (primary N) is 2. The van der Waals surface area contributed by atoms with E-state index >= 15 is 0 Å². The number of nitrogens with zero attached hydrogens (tertiary/aromatic N) is 2. The zero-order chi connectivity index (χ0) is 19.0. The Morgan fingerprint density at radius 3 is 2.48 bits per heavy atom. The van der Waals surface area contributed by atoms with Gasteiger partial charge in [0.15, 0.2) is 5.96 Å². The second-order valence-corrected chi connectivity index (χ2v) is 6.19. The molecule has 144 valence electrons. The molecule has 0 fully saturated rings. The second-order valence-electron chi connectivity index (χ2n) is 5.78. The molecule has 0 saturated carbocycles. The third-order valence-corrected chi connectivity index (χ3v) is 4.39. The first-order valence-corrected chi connectivity index (χ1v) is 7.95. The molecule has 1 heterocycles. The lowest BCUT2D eigenvalue weighted by Gasteiger charge is -2.32. The molecule has 0 saturated heterocycles. The van der Waals surface area contributed by atoms with E-state index in [-0.39, 0.29) is 36.7 Å². The molecule has 0 bridgehead atoms. The first-order chi connectivity index (χ1) is 12.3. The van der Waals surface area contributed by atoms with Crippen LogP contribution < -0.4 is 11.5 Å². The lowest BCUT2D eigenvalue weighted by molar-refractivity contribution is 0.169. The summed E-state index contributed by atoms with van der Waals surface area (Å²) in [6.45, 7) is -0.365. The van der Waals surface area contributed by atoms with Crippen LogP contribution in [0.4, 0.5) is 18.0 Å². The van der Waals surface area contributed by atoms with Crippen LogP contribution in [0.25, 0.3) is 11.1 Å². The number of fused-ring (bicyclic) bond motifs is 1. The van der Waals surface area contributed by atoms with Gasteiger partial charge in [-0.15, -0.1) is 0 Å². The highest BCUT2D eigenvalue weighted by Gasteiger charge is 2.32. The molecule has 0 radical (unpaired) electrons. The first kappa shape index (κ1) is 20.6. The zero-order valence-electron chi connectivity index (χ0n) is 13.3. The van der Waals surface area contributed by atoms with Gasteiger partial charge in [0.05, 0.1) is 6.54 Å². The normalized spacial score (nSPS) is 15.6. The van der Waals surface area contributed by atoms with E-state index in [1.54, 1.807) is 0 Å². The number of amides is 2. The number of carbonyl (C=O) groups excluding carboxylic acids is 1. The van der Waals surface area contributed by atoms with Crippen molar-refractivity contribution in [2.45, 2.75) is 20.1 Å². The van der Waals surface area contributed by atoms with Crippen molar-refractivity contribution in [1.29, 1.82) is 0 Å². The molecule has 1 aliphatic rings. The number of urea groups is 1. The van der Waals surface area contributed by atoms with E-state index in [1.165, 1.54) is 18.2 Å². The molecule has 3 rings (SSSR count). The van der Waals surface area contributed by atoms with Crippen LogP contribution in [0.5, 0.6) is 0 Å². The Morgan fingerprint density at radius 2 is 1.85 bits per heavy atom. The predicted octanol–water partition coefficient (Wildman–Crippen LogP) is 4.14. The summed E-state index contributed by atoms with van der Waals surface area (Å²) in [5.74, 6) is -1.99. The standard InChI is InChI=1S/C17H14ClF3N4O.CH4/c18-12-4-3-9(10-2-1-8(19)5-13(10)20)11-6-25(7-14(21)15(11)12)17(26)24-16(22)23;/h1-5,14H,6-7H2,(H4,22,23,24,26);1H4. The van der Waals surface area contributed by atoms with Crippen molar-refractivity contribution in [2.75, 3.05) is 6.54 Å². The van der Waals surface area contributed by atoms with Crippen molar-refractivity contribution < 1.29 is 18.0 Å². The summed E-state index contributed by atoms with van der Waals surface area (Å²) in [4.78, 5) is 16.6. The topological polar surface area (TPSA) is 84.7 Å². The van der Waals surface area contributed by atoms with Crippen LogP contribution in [-0.2, 0) is 6.54 Å². The van der Waals surface area contributed by atoms with E-state index in [1.807, 2.05) is 0 Å². The summed E-state index contributed by atoms with van der Waals surface area (Å²) in [6.07, 6.45) is -1.60. The molecule has 1 aliphatic heterocycles. The van der Waals surface area contributed by atoms with Crippen LogP contribution in [0.2, 0.25) is 5.02 Å². The molecule has 4 N–H and O–H groups in total. The van der Waals surface area contributed by atoms with Crippen LogP contribution in [-0.4, -0.2) is 23.4 Å². The van der Waals surface area contributed by atoms with Crippen molar-refractivity contribution in [2.24, 2.45) is 16.5 Å². The molecule has 5 nitrogen and oxygen atoms in total. The Balaban J connectivity index is 0.00000261. The minimum absolute atomic E-state index is 0. The second kappa shape index (κ2) is 7.87. The van der Waals surface area contributed by atoms with Gasteiger partial charge in [-0.25, -0.2) is 18.0 Å². The number of halogens is 4. The Labute approximate surface area is 159 Å². The third-order valence-electron chi connectivity index (χ3n) is 4.06. The fourth-order valence-corrected chi connectivity index (χ4v) is 3.27. The van der Waals surface area contributed by atoms with Crippen LogP contribution in [0.3, 0.4) is 0 Å². The summed E-state index contributed by atoms with van der Waals surface area (Å²) in [7, 11) is 0. The average molecular weight is 399 g/mol. The van der Waals surface area contributed by atoms with E-state index in [2.05, 4.69) is 4.99 Å². The number of hydrogen-bond acceptors (Lipinski definition) is 1. The van der Waals surface area contributed by atoms with Crippen LogP contribution in [0.1, 0.15) is 24.7 Å². The molecule has 1 atom stereocenters. The minimum atomic E-state index is -1.60. The molecule has 0 spiro atoms. The van der Waals surface area contributed by atoms with Gasteiger partial charge in [0.25, 0.3) is 0 Å². The van der Waals surface area contributed by atoms with Gasteiger partial charge in [-0.2, -0.15) is 4.99 Å². The number of benzene rings is 2. The average Bonchev–Trinajstić information content (AvgIpc) is 2.55. The van der Waals surface area contributed by atoms with Gasteiger partial charge in [-0.3, -0.25) is 0 Å². The van der Waals surface area contributed by atoms with E-state index in [0.29, 0.717) is 11.1 Å². The van der Waals surface area contributed by atoms with E-state index < -0.39 is 29.8 Å². The number of rotatable bonds is 1. The molecular formula is C18H18ClF3N4O. The third kappa shape index (κ3) is 4.00. The molecular weight excluding hydrogens is 381 g/mol. The summed E-state index contributed by atoms with van der Waals surface area (Å²) in [6, 6.07) is 5.20. The summed E-state index contributed by atoms with van der Waals surface area (Å²) < 4.78 is 42.1. The van der Waals surface area contributed by atoms with Gasteiger partial charge in [0.1, 0.15) is 17.8 Å². The lowest BCUT2D eigenvalue weighted by atomic mass is 9.90. The highest BCUT2D eigenvalue weighted by atomic mass is 35.5. The van der Waals surface area contributed by atoms with E-state index in [0.717, 1.165) is 17.0 Å². The van der Waals surface area contributed by atoms with Crippen molar-refractivity contribution in [1.82, 2.24) is 4.90 Å². The van der Waals surface area contributed by atoms with E-state index in [4.69, 9.17) is 23.1 Å². The minimum Gasteiger partial charge on any atom is -0.370 e. The molecule has 2 amide bonds. The van der Waals surface area contributed by atoms with Crippen molar-refractivity contribution in [3.8, 4) is 11.1 Å². The molecule has 0 aromatic heterocycles. The summed E-state index contributed by atoms with van der Waals surface area (Å²) in [5.41, 5.74) is 11.2. The van der Waals surface area contributed by atoms with Crippen molar-refractivity contribution >= 4 is 23.6 Å². The van der Waals surface area contributed by atoms with E-state index in [9.17, 15) is 18.0 Å². The smallest absolute Gasteiger partial charge is 0.347 e. The van der Waals surface area contributed by atoms with Gasteiger partial charge < -0.3 is 16.4 Å². The molecule has 1 unspecified atom stereocenters. The SMILES string of the molecule is C.NC(N)=NC(=O)N1Cc2c(-c3ccc(F)cc3F)ccc(Cl)c2C(F)C1. The fraction of sp³-hybridized carbons (Fsp3) is 0.222. The molecule has 0 aliphatic carbocycles. The summed E-state index contributed by atoms with van der Waals surface area (Å²) >= 11 is 6.11. The van der Waals surface area contributed by atoms with Crippen LogP contribution in [0, 0.1) is 11.6 Å². The van der Waals surface area contributed by atoms with Gasteiger partial charge in [0.2, 0.25) is 0 Å². The van der Waals surface area contributed by atoms with Crippen molar-refractivity contribution in [3.63, 3.8) is 0 Å². The number of hydrogen-bond donors (Lipinski definition) is 2.